The highest BCUT2D eigenvalue weighted by Gasteiger charge is 2.12. The molecule has 0 amide bonds. The van der Waals surface area contributed by atoms with Gasteiger partial charge in [-0.2, -0.15) is 0 Å². The molecular weight excluding hydrogens is 266 g/mol. The van der Waals surface area contributed by atoms with Gasteiger partial charge in [-0.15, -0.1) is 0 Å². The Hall–Kier alpha value is -2.36. The third-order valence-corrected chi connectivity index (χ3v) is 3.37. The van der Waals surface area contributed by atoms with E-state index in [1.54, 1.807) is 21.3 Å². The van der Waals surface area contributed by atoms with Gasteiger partial charge in [0, 0.05) is 17.8 Å². The predicted molar refractivity (Wildman–Crippen MR) is 85.3 cm³/mol. The molecule has 0 saturated carbocycles. The van der Waals surface area contributed by atoms with Gasteiger partial charge in [-0.3, -0.25) is 0 Å². The van der Waals surface area contributed by atoms with Crippen LogP contribution in [0.2, 0.25) is 0 Å². The van der Waals surface area contributed by atoms with Gasteiger partial charge in [-0.1, -0.05) is 12.1 Å². The van der Waals surface area contributed by atoms with Crippen molar-refractivity contribution in [2.75, 3.05) is 26.6 Å². The summed E-state index contributed by atoms with van der Waals surface area (Å²) in [6.45, 7) is 4.13. The summed E-state index contributed by atoms with van der Waals surface area (Å²) >= 11 is 0. The maximum Gasteiger partial charge on any atom is 0.164 e. The van der Waals surface area contributed by atoms with Crippen molar-refractivity contribution >= 4 is 11.4 Å². The molecule has 0 atom stereocenters. The molecule has 0 radical (unpaired) electrons. The fourth-order valence-electron chi connectivity index (χ4n) is 2.14. The molecule has 0 aliphatic rings. The molecule has 0 bridgehead atoms. The lowest BCUT2D eigenvalue weighted by Gasteiger charge is -2.16. The van der Waals surface area contributed by atoms with Gasteiger partial charge in [0.15, 0.2) is 11.5 Å². The summed E-state index contributed by atoms with van der Waals surface area (Å²) in [5.74, 6) is 2.00. The van der Waals surface area contributed by atoms with Crippen molar-refractivity contribution in [2.24, 2.45) is 0 Å². The molecular formula is C17H21NO3. The first-order valence-electron chi connectivity index (χ1n) is 6.73. The molecule has 0 aliphatic carbocycles. The number of aryl methyl sites for hydroxylation is 2. The summed E-state index contributed by atoms with van der Waals surface area (Å²) < 4.78 is 16.1. The molecule has 0 unspecified atom stereocenters. The van der Waals surface area contributed by atoms with E-state index in [4.69, 9.17) is 14.2 Å². The van der Waals surface area contributed by atoms with E-state index in [9.17, 15) is 0 Å². The first-order chi connectivity index (χ1) is 10.1. The highest BCUT2D eigenvalue weighted by molar-refractivity contribution is 5.72. The maximum absolute atomic E-state index is 5.43. The van der Waals surface area contributed by atoms with Crippen LogP contribution in [0.15, 0.2) is 30.3 Å². The third kappa shape index (κ3) is 3.21. The maximum atomic E-state index is 5.43. The number of hydrogen-bond donors (Lipinski definition) is 1. The van der Waals surface area contributed by atoms with E-state index in [1.165, 1.54) is 5.56 Å². The van der Waals surface area contributed by atoms with E-state index in [0.29, 0.717) is 17.2 Å². The molecule has 2 rings (SSSR count). The quantitative estimate of drug-likeness (QED) is 0.899. The monoisotopic (exact) mass is 287 g/mol. The smallest absolute Gasteiger partial charge is 0.164 e. The molecule has 0 heterocycles. The molecule has 1 N–H and O–H groups in total. The second kappa shape index (κ2) is 6.39. The molecule has 4 heteroatoms. The second-order valence-electron chi connectivity index (χ2n) is 4.85. The van der Waals surface area contributed by atoms with Gasteiger partial charge in [-0.05, 0) is 31.0 Å². The fourth-order valence-corrected chi connectivity index (χ4v) is 2.14. The van der Waals surface area contributed by atoms with E-state index in [-0.39, 0.29) is 0 Å². The van der Waals surface area contributed by atoms with Crippen molar-refractivity contribution in [3.8, 4) is 17.2 Å². The second-order valence-corrected chi connectivity index (χ2v) is 4.85. The van der Waals surface area contributed by atoms with Gasteiger partial charge in [0.2, 0.25) is 0 Å². The first-order valence-corrected chi connectivity index (χ1v) is 6.73. The highest BCUT2D eigenvalue weighted by Crippen LogP contribution is 2.39. The van der Waals surface area contributed by atoms with Gasteiger partial charge in [0.1, 0.15) is 5.75 Å². The van der Waals surface area contributed by atoms with Crippen LogP contribution in [0.25, 0.3) is 0 Å². The van der Waals surface area contributed by atoms with Crippen LogP contribution in [0.1, 0.15) is 11.1 Å². The van der Waals surface area contributed by atoms with Gasteiger partial charge < -0.3 is 19.5 Å². The van der Waals surface area contributed by atoms with E-state index < -0.39 is 0 Å². The lowest BCUT2D eigenvalue weighted by molar-refractivity contribution is 0.349. The number of ether oxygens (including phenoxy) is 3. The molecule has 112 valence electrons. The summed E-state index contributed by atoms with van der Waals surface area (Å²) in [5.41, 5.74) is 4.24. The number of hydrogen-bond acceptors (Lipinski definition) is 4. The molecule has 0 saturated heterocycles. The van der Waals surface area contributed by atoms with Crippen LogP contribution in [0.5, 0.6) is 17.2 Å². The van der Waals surface area contributed by atoms with Crippen LogP contribution in [0.3, 0.4) is 0 Å². The zero-order valence-corrected chi connectivity index (χ0v) is 13.1. The molecule has 0 aromatic heterocycles. The highest BCUT2D eigenvalue weighted by atomic mass is 16.5. The van der Waals surface area contributed by atoms with Crippen molar-refractivity contribution < 1.29 is 14.2 Å². The normalized spacial score (nSPS) is 10.1. The molecule has 2 aromatic rings. The summed E-state index contributed by atoms with van der Waals surface area (Å²) in [6.07, 6.45) is 0. The Kier molecular flexibility index (Phi) is 4.58. The summed E-state index contributed by atoms with van der Waals surface area (Å²) in [5, 5.41) is 3.40. The molecule has 0 fully saturated rings. The number of rotatable bonds is 5. The van der Waals surface area contributed by atoms with E-state index >= 15 is 0 Å². The summed E-state index contributed by atoms with van der Waals surface area (Å²) in [4.78, 5) is 0. The Bertz CT molecular complexity index is 638. The Morgan fingerprint density at radius 2 is 1.33 bits per heavy atom. The SMILES string of the molecule is COc1cc(OC)c(OC)cc1Nc1cc(C)ccc1C. The molecule has 0 spiro atoms. The van der Waals surface area contributed by atoms with Crippen LogP contribution in [0, 0.1) is 13.8 Å². The minimum Gasteiger partial charge on any atom is -0.494 e. The molecule has 21 heavy (non-hydrogen) atoms. The standard InChI is InChI=1S/C17H21NO3/c1-11-6-7-12(2)13(8-11)18-14-9-16(20-4)17(21-5)10-15(14)19-3/h6-10,18H,1-5H3. The van der Waals surface area contributed by atoms with E-state index in [2.05, 4.69) is 37.4 Å². The van der Waals surface area contributed by atoms with Crippen LogP contribution < -0.4 is 19.5 Å². The Balaban J connectivity index is 2.45. The van der Waals surface area contributed by atoms with Crippen molar-refractivity contribution in [1.29, 1.82) is 0 Å². The van der Waals surface area contributed by atoms with Gasteiger partial charge in [-0.25, -0.2) is 0 Å². The zero-order chi connectivity index (χ0) is 15.4. The predicted octanol–water partition coefficient (Wildman–Crippen LogP) is 4.07. The number of methoxy groups -OCH3 is 3. The van der Waals surface area contributed by atoms with Crippen LogP contribution in [0.4, 0.5) is 11.4 Å². The van der Waals surface area contributed by atoms with Crippen molar-refractivity contribution in [3.63, 3.8) is 0 Å². The number of anilines is 2. The summed E-state index contributed by atoms with van der Waals surface area (Å²) in [6, 6.07) is 9.97. The van der Waals surface area contributed by atoms with Crippen LogP contribution >= 0.6 is 0 Å². The lowest BCUT2D eigenvalue weighted by Crippen LogP contribution is -1.99. The molecule has 2 aromatic carbocycles. The van der Waals surface area contributed by atoms with Crippen molar-refractivity contribution in [2.45, 2.75) is 13.8 Å². The zero-order valence-electron chi connectivity index (χ0n) is 13.1. The minimum absolute atomic E-state index is 0.640. The van der Waals surface area contributed by atoms with Crippen molar-refractivity contribution in [1.82, 2.24) is 0 Å². The average molecular weight is 287 g/mol. The topological polar surface area (TPSA) is 39.7 Å². The number of nitrogens with one attached hydrogen (secondary N) is 1. The van der Waals surface area contributed by atoms with Gasteiger partial charge in [0.05, 0.1) is 27.0 Å². The van der Waals surface area contributed by atoms with Crippen LogP contribution in [-0.2, 0) is 0 Å². The first kappa shape index (κ1) is 15.0. The largest absolute Gasteiger partial charge is 0.494 e. The fraction of sp³-hybridized carbons (Fsp3) is 0.294. The van der Waals surface area contributed by atoms with Crippen molar-refractivity contribution in [3.05, 3.63) is 41.5 Å². The van der Waals surface area contributed by atoms with Gasteiger partial charge >= 0.3 is 0 Å². The molecule has 4 nitrogen and oxygen atoms in total. The molecule has 0 aliphatic heterocycles. The Morgan fingerprint density at radius 3 is 1.95 bits per heavy atom. The summed E-state index contributed by atoms with van der Waals surface area (Å²) in [7, 11) is 4.86. The third-order valence-electron chi connectivity index (χ3n) is 3.37. The number of benzene rings is 2. The minimum atomic E-state index is 0.640. The van der Waals surface area contributed by atoms with E-state index in [0.717, 1.165) is 16.9 Å². The lowest BCUT2D eigenvalue weighted by atomic mass is 10.1. The van der Waals surface area contributed by atoms with E-state index in [1.807, 2.05) is 12.1 Å². The Labute approximate surface area is 125 Å². The van der Waals surface area contributed by atoms with Gasteiger partial charge in [0.25, 0.3) is 0 Å². The average Bonchev–Trinajstić information content (AvgIpc) is 2.50. The Morgan fingerprint density at radius 1 is 0.714 bits per heavy atom. The van der Waals surface area contributed by atoms with Crippen LogP contribution in [-0.4, -0.2) is 21.3 Å².